The van der Waals surface area contributed by atoms with E-state index in [1.165, 1.54) is 11.1 Å². The Kier molecular flexibility index (Phi) is 5.44. The van der Waals surface area contributed by atoms with Crippen LogP contribution < -0.4 is 0 Å². The Morgan fingerprint density at radius 1 is 0.727 bits per heavy atom. The average molecular weight is 382 g/mol. The van der Waals surface area contributed by atoms with Crippen LogP contribution in [-0.2, 0) is 23.2 Å². The first-order valence-electron chi connectivity index (χ1n) is 8.13. The molecular weight excluding hydrogens is 360 g/mol. The van der Waals surface area contributed by atoms with Crippen LogP contribution in [0.4, 0.5) is 0 Å². The quantitative estimate of drug-likeness (QED) is 0.652. The van der Waals surface area contributed by atoms with Crippen molar-refractivity contribution in [2.75, 3.05) is 0 Å². The molecule has 0 aromatic heterocycles. The molecule has 4 rings (SSSR count). The predicted octanol–water partition coefficient (Wildman–Crippen LogP) is 4.86. The second-order valence-corrected chi connectivity index (χ2v) is 11.1. The molecule has 2 aromatic carbocycles. The van der Waals surface area contributed by atoms with Crippen LogP contribution in [-0.4, -0.2) is 9.52 Å². The summed E-state index contributed by atoms with van der Waals surface area (Å²) in [5, 5.41) is 0. The molecule has 0 saturated heterocycles. The Balaban J connectivity index is 0.000000446. The van der Waals surface area contributed by atoms with Gasteiger partial charge in [-0.05, 0) is 0 Å². The smallest absolute Gasteiger partial charge is 0.0135 e. The van der Waals surface area contributed by atoms with Crippen molar-refractivity contribution < 1.29 is 23.2 Å². The molecule has 2 heteroatoms. The van der Waals surface area contributed by atoms with E-state index in [0.717, 1.165) is 7.25 Å². The Morgan fingerprint density at radius 2 is 1.14 bits per heavy atom. The summed E-state index contributed by atoms with van der Waals surface area (Å²) in [5.41, 5.74) is 5.99. The largest absolute Gasteiger partial charge is 0.0750 e. The van der Waals surface area contributed by atoms with E-state index in [0.29, 0.717) is 9.52 Å². The minimum Gasteiger partial charge on any atom is -0.0750 e. The van der Waals surface area contributed by atoms with Crippen LogP contribution in [0.5, 0.6) is 0 Å². The molecule has 0 aliphatic heterocycles. The van der Waals surface area contributed by atoms with Gasteiger partial charge in [0.15, 0.2) is 0 Å². The minimum atomic E-state index is -0.542. The normalized spacial score (nSPS) is 20.1. The Bertz CT molecular complexity index is 643. The Labute approximate surface area is 147 Å². The number of rotatable bonds is 2. The standard InChI is InChI=1S/2C9H7.C2H8Si.Zr/c2*1-2-5-9-7-3-6-8(9)4-1;1-3-2;/h2*1-7H;3H2,1-2H3;. The maximum Gasteiger partial charge on any atom is 0.0135 e. The van der Waals surface area contributed by atoms with Crippen LogP contribution in [0.15, 0.2) is 60.7 Å². The average Bonchev–Trinajstić information content (AvgIpc) is 3.14. The SMILES string of the molecule is C1=C[CH]([Zr][CH]2C=Cc3ccccc32)c2ccccc21.C[SiH2]C. The van der Waals surface area contributed by atoms with Crippen LogP contribution in [0.25, 0.3) is 12.2 Å². The van der Waals surface area contributed by atoms with Gasteiger partial charge in [0.05, 0.1) is 0 Å². The second-order valence-electron chi connectivity index (χ2n) is 5.81. The first-order valence-corrected chi connectivity index (χ1v) is 13.8. The summed E-state index contributed by atoms with van der Waals surface area (Å²) in [4.78, 5) is 0. The number of fused-ring (bicyclic) bond motifs is 2. The van der Waals surface area contributed by atoms with Crippen LogP contribution >= 0.6 is 0 Å². The Morgan fingerprint density at radius 3 is 1.59 bits per heavy atom. The van der Waals surface area contributed by atoms with E-state index in [1.54, 1.807) is 11.1 Å². The third-order valence-corrected chi connectivity index (χ3v) is 8.20. The van der Waals surface area contributed by atoms with Crippen molar-refractivity contribution in [3.8, 4) is 0 Å². The summed E-state index contributed by atoms with van der Waals surface area (Å²) >= 11 is -0.542. The van der Waals surface area contributed by atoms with Gasteiger partial charge in [0.2, 0.25) is 0 Å². The van der Waals surface area contributed by atoms with Crippen molar-refractivity contribution in [1.82, 2.24) is 0 Å². The topological polar surface area (TPSA) is 0 Å². The van der Waals surface area contributed by atoms with Gasteiger partial charge in [0.25, 0.3) is 0 Å². The molecule has 22 heavy (non-hydrogen) atoms. The van der Waals surface area contributed by atoms with Crippen molar-refractivity contribution in [2.24, 2.45) is 0 Å². The molecule has 0 fully saturated rings. The molecule has 0 radical (unpaired) electrons. The number of hydrogen-bond donors (Lipinski definition) is 0. The summed E-state index contributed by atoms with van der Waals surface area (Å²) in [5.74, 6) is 0. The zero-order chi connectivity index (χ0) is 15.4. The predicted molar refractivity (Wildman–Crippen MR) is 96.7 cm³/mol. The van der Waals surface area contributed by atoms with Gasteiger partial charge in [-0.25, -0.2) is 0 Å². The van der Waals surface area contributed by atoms with Crippen molar-refractivity contribution >= 4 is 21.7 Å². The molecule has 0 N–H and O–H groups in total. The van der Waals surface area contributed by atoms with E-state index < -0.39 is 23.2 Å². The first-order chi connectivity index (χ1) is 10.8. The summed E-state index contributed by atoms with van der Waals surface area (Å²) in [6.07, 6.45) is 9.49. The molecule has 110 valence electrons. The monoisotopic (exact) mass is 380 g/mol. The first kappa shape index (κ1) is 15.9. The molecule has 2 atom stereocenters. The van der Waals surface area contributed by atoms with E-state index in [9.17, 15) is 0 Å². The summed E-state index contributed by atoms with van der Waals surface area (Å²) in [6.45, 7) is 4.53. The molecule has 2 aliphatic carbocycles. The zero-order valence-corrected chi connectivity index (χ0v) is 17.2. The van der Waals surface area contributed by atoms with Gasteiger partial charge in [-0.3, -0.25) is 0 Å². The van der Waals surface area contributed by atoms with Gasteiger partial charge in [-0.1, -0.05) is 13.1 Å². The van der Waals surface area contributed by atoms with E-state index in [1.807, 2.05) is 0 Å². The van der Waals surface area contributed by atoms with Crippen LogP contribution in [0, 0.1) is 0 Å². The maximum absolute atomic E-state index is 2.44. The molecule has 0 saturated carbocycles. The van der Waals surface area contributed by atoms with E-state index in [2.05, 4.69) is 85.9 Å². The molecule has 0 spiro atoms. The van der Waals surface area contributed by atoms with Crippen molar-refractivity contribution in [1.29, 1.82) is 0 Å². The molecule has 2 unspecified atom stereocenters. The third kappa shape index (κ3) is 3.34. The van der Waals surface area contributed by atoms with Crippen LogP contribution in [0.1, 0.15) is 29.5 Å². The number of hydrogen-bond acceptors (Lipinski definition) is 0. The van der Waals surface area contributed by atoms with Gasteiger partial charge < -0.3 is 0 Å². The summed E-state index contributed by atoms with van der Waals surface area (Å²) in [6, 6.07) is 17.7. The van der Waals surface area contributed by atoms with Crippen molar-refractivity contribution in [3.05, 3.63) is 82.9 Å². The molecular formula is C20H22SiZr. The van der Waals surface area contributed by atoms with Gasteiger partial charge in [0.1, 0.15) is 0 Å². The molecule has 0 bridgehead atoms. The fraction of sp³-hybridized carbons (Fsp3) is 0.200. The molecule has 0 nitrogen and oxygen atoms in total. The Hall–Kier alpha value is -0.980. The molecule has 2 aliphatic rings. The number of allylic oxidation sites excluding steroid dienone is 2. The minimum absolute atomic E-state index is 0.417. The van der Waals surface area contributed by atoms with Crippen molar-refractivity contribution in [3.63, 3.8) is 0 Å². The fourth-order valence-electron chi connectivity index (χ4n) is 2.98. The van der Waals surface area contributed by atoms with Crippen LogP contribution in [0.2, 0.25) is 13.1 Å². The second kappa shape index (κ2) is 7.53. The van der Waals surface area contributed by atoms with E-state index >= 15 is 0 Å². The third-order valence-electron chi connectivity index (χ3n) is 3.96. The fourth-order valence-corrected chi connectivity index (χ4v) is 7.13. The van der Waals surface area contributed by atoms with Gasteiger partial charge in [-0.15, -0.1) is 0 Å². The number of benzene rings is 2. The van der Waals surface area contributed by atoms with E-state index in [4.69, 9.17) is 0 Å². The van der Waals surface area contributed by atoms with Crippen molar-refractivity contribution in [2.45, 2.75) is 20.3 Å². The molecule has 2 aromatic rings. The molecule has 0 heterocycles. The zero-order valence-electron chi connectivity index (χ0n) is 13.3. The van der Waals surface area contributed by atoms with Gasteiger partial charge in [0, 0.05) is 9.52 Å². The van der Waals surface area contributed by atoms with Gasteiger partial charge >= 0.3 is 126 Å². The van der Waals surface area contributed by atoms with Crippen LogP contribution in [0.3, 0.4) is 0 Å². The van der Waals surface area contributed by atoms with E-state index in [-0.39, 0.29) is 0 Å². The summed E-state index contributed by atoms with van der Waals surface area (Å²) in [7, 11) is 0.417. The summed E-state index contributed by atoms with van der Waals surface area (Å²) < 4.78 is 1.47. The molecule has 0 amide bonds. The van der Waals surface area contributed by atoms with Gasteiger partial charge in [-0.2, -0.15) is 0 Å². The maximum atomic E-state index is 2.44.